The number of ether oxygens (including phenoxy) is 2. The molecule has 0 bridgehead atoms. The highest BCUT2D eigenvalue weighted by Crippen LogP contribution is 2.35. The fourth-order valence-corrected chi connectivity index (χ4v) is 4.85. The summed E-state index contributed by atoms with van der Waals surface area (Å²) in [5.74, 6) is 1.11. The molecule has 1 N–H and O–H groups in total. The van der Waals surface area contributed by atoms with Crippen LogP contribution in [0.25, 0.3) is 0 Å². The molecule has 0 spiro atoms. The summed E-state index contributed by atoms with van der Waals surface area (Å²) in [6.45, 7) is 1.50. The summed E-state index contributed by atoms with van der Waals surface area (Å²) < 4.78 is 11.3. The molecule has 3 aromatic rings. The monoisotopic (exact) mass is 448 g/mol. The summed E-state index contributed by atoms with van der Waals surface area (Å²) in [6.07, 6.45) is 1.45. The van der Waals surface area contributed by atoms with Gasteiger partial charge in [-0.2, -0.15) is 0 Å². The summed E-state index contributed by atoms with van der Waals surface area (Å²) in [5.41, 5.74) is 2.76. The van der Waals surface area contributed by atoms with Crippen LogP contribution in [-0.2, 0) is 22.6 Å². The smallest absolute Gasteiger partial charge is 0.227 e. The number of fused-ring (bicyclic) bond motifs is 2. The van der Waals surface area contributed by atoms with E-state index in [1.54, 1.807) is 16.2 Å². The predicted molar refractivity (Wildman–Crippen MR) is 124 cm³/mol. The van der Waals surface area contributed by atoms with E-state index in [1.165, 1.54) is 0 Å². The Labute approximate surface area is 190 Å². The SMILES string of the molecule is O=C1Nc2ccccc2CC1CCC(=O)N(Cc1cccs1)c1ccc2c(c1)OCCO2. The normalized spacial score (nSPS) is 16.8. The number of benzene rings is 2. The lowest BCUT2D eigenvalue weighted by atomic mass is 9.89. The molecule has 2 amide bonds. The maximum atomic E-state index is 13.4. The quantitative estimate of drug-likeness (QED) is 0.596. The van der Waals surface area contributed by atoms with E-state index >= 15 is 0 Å². The fraction of sp³-hybridized carbons (Fsp3) is 0.280. The van der Waals surface area contributed by atoms with Crippen LogP contribution in [0.1, 0.15) is 23.3 Å². The molecule has 5 rings (SSSR count). The van der Waals surface area contributed by atoms with Gasteiger partial charge in [-0.05, 0) is 48.1 Å². The number of nitrogens with one attached hydrogen (secondary N) is 1. The Balaban J connectivity index is 1.33. The van der Waals surface area contributed by atoms with Gasteiger partial charge < -0.3 is 19.7 Å². The van der Waals surface area contributed by atoms with E-state index in [1.807, 2.05) is 60.0 Å². The van der Waals surface area contributed by atoms with E-state index in [0.717, 1.165) is 21.8 Å². The van der Waals surface area contributed by atoms with Gasteiger partial charge in [-0.3, -0.25) is 9.59 Å². The number of nitrogens with zero attached hydrogens (tertiary/aromatic N) is 1. The molecule has 1 unspecified atom stereocenters. The van der Waals surface area contributed by atoms with Gasteiger partial charge in [0.1, 0.15) is 13.2 Å². The molecule has 1 atom stereocenters. The molecule has 0 fully saturated rings. The highest BCUT2D eigenvalue weighted by Gasteiger charge is 2.28. The predicted octanol–water partition coefficient (Wildman–Crippen LogP) is 4.64. The molecule has 32 heavy (non-hydrogen) atoms. The van der Waals surface area contributed by atoms with E-state index in [2.05, 4.69) is 5.32 Å². The van der Waals surface area contributed by atoms with Crippen molar-refractivity contribution in [2.45, 2.75) is 25.8 Å². The standard InChI is InChI=1S/C25H24N2O4S/c28-24(10-7-18-14-17-4-1-2-6-21(17)26-25(18)29)27(16-20-5-3-13-32-20)19-8-9-22-23(15-19)31-12-11-30-22/h1-6,8-9,13,15,18H,7,10-12,14,16H2,(H,26,29). The van der Waals surface area contributed by atoms with Gasteiger partial charge in [0.25, 0.3) is 0 Å². The first-order valence-electron chi connectivity index (χ1n) is 10.8. The Morgan fingerprint density at radius 3 is 2.75 bits per heavy atom. The zero-order chi connectivity index (χ0) is 21.9. The molecule has 1 aromatic heterocycles. The Morgan fingerprint density at radius 1 is 1.06 bits per heavy atom. The summed E-state index contributed by atoms with van der Waals surface area (Å²) in [5, 5.41) is 4.98. The van der Waals surface area contributed by atoms with Crippen molar-refractivity contribution >= 4 is 34.5 Å². The number of carbonyl (C=O) groups is 2. The molecule has 0 saturated heterocycles. The lowest BCUT2D eigenvalue weighted by molar-refractivity contribution is -0.121. The maximum absolute atomic E-state index is 13.4. The highest BCUT2D eigenvalue weighted by atomic mass is 32.1. The van der Waals surface area contributed by atoms with Gasteiger partial charge in [-0.1, -0.05) is 24.3 Å². The third kappa shape index (κ3) is 4.34. The number of anilines is 2. The molecule has 0 saturated carbocycles. The highest BCUT2D eigenvalue weighted by molar-refractivity contribution is 7.09. The minimum atomic E-state index is -0.210. The van der Waals surface area contributed by atoms with Crippen LogP contribution in [0, 0.1) is 5.92 Å². The zero-order valence-corrected chi connectivity index (χ0v) is 18.4. The van der Waals surface area contributed by atoms with E-state index in [4.69, 9.17) is 9.47 Å². The van der Waals surface area contributed by atoms with Crippen LogP contribution in [0.15, 0.2) is 60.0 Å². The van der Waals surface area contributed by atoms with Crippen LogP contribution in [0.2, 0.25) is 0 Å². The third-order valence-corrected chi connectivity index (χ3v) is 6.71. The number of amides is 2. The minimum absolute atomic E-state index is 0.0123. The summed E-state index contributed by atoms with van der Waals surface area (Å²) >= 11 is 1.62. The second-order valence-corrected chi connectivity index (χ2v) is 9.01. The topological polar surface area (TPSA) is 67.9 Å². The first-order chi connectivity index (χ1) is 15.7. The van der Waals surface area contributed by atoms with Gasteiger partial charge in [-0.15, -0.1) is 11.3 Å². The molecular formula is C25H24N2O4S. The fourth-order valence-electron chi connectivity index (χ4n) is 4.16. The second kappa shape index (κ2) is 9.04. The molecule has 2 aliphatic rings. The van der Waals surface area contributed by atoms with Crippen molar-refractivity contribution < 1.29 is 19.1 Å². The number of hydrogen-bond acceptors (Lipinski definition) is 5. The molecule has 6 nitrogen and oxygen atoms in total. The van der Waals surface area contributed by atoms with Crippen molar-refractivity contribution in [2.75, 3.05) is 23.4 Å². The zero-order valence-electron chi connectivity index (χ0n) is 17.6. The van der Waals surface area contributed by atoms with Crippen molar-refractivity contribution in [3.8, 4) is 11.5 Å². The summed E-state index contributed by atoms with van der Waals surface area (Å²) in [4.78, 5) is 28.8. The van der Waals surface area contributed by atoms with Gasteiger partial charge in [-0.25, -0.2) is 0 Å². The van der Waals surface area contributed by atoms with Crippen molar-refractivity contribution in [1.29, 1.82) is 0 Å². The van der Waals surface area contributed by atoms with E-state index in [9.17, 15) is 9.59 Å². The van der Waals surface area contributed by atoms with Gasteiger partial charge in [0.2, 0.25) is 11.8 Å². The van der Waals surface area contributed by atoms with E-state index < -0.39 is 0 Å². The number of thiophene rings is 1. The maximum Gasteiger partial charge on any atom is 0.227 e. The average Bonchev–Trinajstić information content (AvgIpc) is 3.34. The third-order valence-electron chi connectivity index (χ3n) is 5.85. The summed E-state index contributed by atoms with van der Waals surface area (Å²) in [7, 11) is 0. The van der Waals surface area contributed by atoms with Gasteiger partial charge in [0.05, 0.1) is 6.54 Å². The largest absolute Gasteiger partial charge is 0.486 e. The van der Waals surface area contributed by atoms with Crippen LogP contribution in [0.3, 0.4) is 0 Å². The van der Waals surface area contributed by atoms with Crippen LogP contribution < -0.4 is 19.7 Å². The summed E-state index contributed by atoms with van der Waals surface area (Å²) in [6, 6.07) is 17.4. The average molecular weight is 449 g/mol. The molecule has 3 heterocycles. The molecule has 164 valence electrons. The lowest BCUT2D eigenvalue weighted by Gasteiger charge is -2.27. The van der Waals surface area contributed by atoms with Gasteiger partial charge >= 0.3 is 0 Å². The van der Waals surface area contributed by atoms with Crippen LogP contribution in [0.4, 0.5) is 11.4 Å². The number of rotatable bonds is 6. The lowest BCUT2D eigenvalue weighted by Crippen LogP contribution is -2.33. The van der Waals surface area contributed by atoms with E-state index in [0.29, 0.717) is 50.5 Å². The molecule has 0 radical (unpaired) electrons. The second-order valence-electron chi connectivity index (χ2n) is 7.97. The first kappa shape index (κ1) is 20.6. The molecule has 2 aliphatic heterocycles. The number of para-hydroxylation sites is 1. The van der Waals surface area contributed by atoms with Crippen molar-refractivity contribution in [1.82, 2.24) is 0 Å². The van der Waals surface area contributed by atoms with Crippen LogP contribution >= 0.6 is 11.3 Å². The van der Waals surface area contributed by atoms with Crippen molar-refractivity contribution in [2.24, 2.45) is 5.92 Å². The minimum Gasteiger partial charge on any atom is -0.486 e. The number of hydrogen-bond donors (Lipinski definition) is 1. The van der Waals surface area contributed by atoms with Gasteiger partial charge in [0, 0.05) is 34.7 Å². The Morgan fingerprint density at radius 2 is 1.91 bits per heavy atom. The van der Waals surface area contributed by atoms with Gasteiger partial charge in [0.15, 0.2) is 11.5 Å². The van der Waals surface area contributed by atoms with Crippen molar-refractivity contribution in [3.05, 3.63) is 70.4 Å². The molecular weight excluding hydrogens is 424 g/mol. The Bertz CT molecular complexity index is 1130. The van der Waals surface area contributed by atoms with Crippen LogP contribution in [-0.4, -0.2) is 25.0 Å². The Hall–Kier alpha value is -3.32. The molecule has 2 aromatic carbocycles. The van der Waals surface area contributed by atoms with E-state index in [-0.39, 0.29) is 17.7 Å². The Kier molecular flexibility index (Phi) is 5.81. The van der Waals surface area contributed by atoms with Crippen LogP contribution in [0.5, 0.6) is 11.5 Å². The van der Waals surface area contributed by atoms with Crippen molar-refractivity contribution in [3.63, 3.8) is 0 Å². The molecule has 7 heteroatoms. The number of carbonyl (C=O) groups excluding carboxylic acids is 2. The first-order valence-corrected chi connectivity index (χ1v) is 11.7. The molecule has 0 aliphatic carbocycles.